The maximum atomic E-state index is 13.8. The van der Waals surface area contributed by atoms with Crippen LogP contribution in [0.4, 0.5) is 0 Å². The van der Waals surface area contributed by atoms with E-state index in [1.54, 1.807) is 14.2 Å². The minimum absolute atomic E-state index is 0.0303. The molecular weight excluding hydrogens is 416 g/mol. The molecule has 1 aromatic heterocycles. The van der Waals surface area contributed by atoms with Crippen molar-refractivity contribution < 1.29 is 14.3 Å². The molecule has 2 heterocycles. The Morgan fingerprint density at radius 2 is 1.79 bits per heavy atom. The van der Waals surface area contributed by atoms with Gasteiger partial charge < -0.3 is 14.4 Å². The highest BCUT2D eigenvalue weighted by atomic mass is 16.5. The summed E-state index contributed by atoms with van der Waals surface area (Å²) in [5.41, 5.74) is 5.52. The van der Waals surface area contributed by atoms with E-state index < -0.39 is 0 Å². The van der Waals surface area contributed by atoms with Gasteiger partial charge in [0.05, 0.1) is 25.8 Å². The average molecular weight is 443 g/mol. The van der Waals surface area contributed by atoms with Crippen LogP contribution >= 0.6 is 0 Å². The summed E-state index contributed by atoms with van der Waals surface area (Å²) in [5, 5.41) is 8.41. The average Bonchev–Trinajstić information content (AvgIpc) is 3.29. The second-order valence-electron chi connectivity index (χ2n) is 8.08. The van der Waals surface area contributed by atoms with Gasteiger partial charge >= 0.3 is 0 Å². The van der Waals surface area contributed by atoms with Crippen LogP contribution in [-0.2, 0) is 13.0 Å². The van der Waals surface area contributed by atoms with Gasteiger partial charge in [-0.25, -0.2) is 4.68 Å². The normalized spacial score (nSPS) is 15.4. The summed E-state index contributed by atoms with van der Waals surface area (Å²) < 4.78 is 12.9. The van der Waals surface area contributed by atoms with E-state index in [1.807, 2.05) is 65.0 Å². The number of nitrogens with zero attached hydrogens (tertiary/aromatic N) is 4. The van der Waals surface area contributed by atoms with Crippen molar-refractivity contribution in [1.29, 1.82) is 0 Å². The third kappa shape index (κ3) is 3.59. The number of ether oxygens (including phenoxy) is 2. The summed E-state index contributed by atoms with van der Waals surface area (Å²) in [7, 11) is 3.27. The number of fused-ring (bicyclic) bond motifs is 2. The van der Waals surface area contributed by atoms with Crippen molar-refractivity contribution >= 4 is 16.9 Å². The molecule has 1 atom stereocenters. The Bertz CT molecular complexity index is 1320. The molecule has 7 nitrogen and oxygen atoms in total. The number of amides is 1. The van der Waals surface area contributed by atoms with Gasteiger partial charge in [-0.05, 0) is 60.4 Å². The van der Waals surface area contributed by atoms with Gasteiger partial charge in [0.25, 0.3) is 5.91 Å². The van der Waals surface area contributed by atoms with E-state index in [1.165, 1.54) is 0 Å². The van der Waals surface area contributed by atoms with Gasteiger partial charge in [-0.3, -0.25) is 4.79 Å². The van der Waals surface area contributed by atoms with Crippen LogP contribution in [0, 0.1) is 0 Å². The van der Waals surface area contributed by atoms with Crippen molar-refractivity contribution in [2.45, 2.75) is 25.9 Å². The van der Waals surface area contributed by atoms with Crippen LogP contribution in [0.1, 0.15) is 40.0 Å². The zero-order valence-electron chi connectivity index (χ0n) is 19.0. The Balaban J connectivity index is 1.60. The molecule has 1 aliphatic heterocycles. The van der Waals surface area contributed by atoms with E-state index in [2.05, 4.69) is 22.4 Å². The molecule has 0 saturated carbocycles. The third-order valence-electron chi connectivity index (χ3n) is 6.31. The molecule has 168 valence electrons. The number of methoxy groups -OCH3 is 2. The van der Waals surface area contributed by atoms with E-state index in [9.17, 15) is 4.79 Å². The number of hydrogen-bond acceptors (Lipinski definition) is 5. The minimum atomic E-state index is -0.232. The van der Waals surface area contributed by atoms with E-state index in [0.717, 1.165) is 40.7 Å². The van der Waals surface area contributed by atoms with Gasteiger partial charge in [-0.1, -0.05) is 35.5 Å². The largest absolute Gasteiger partial charge is 0.493 e. The first-order valence-corrected chi connectivity index (χ1v) is 11.1. The summed E-state index contributed by atoms with van der Waals surface area (Å²) in [6.07, 6.45) is 0.735. The van der Waals surface area contributed by atoms with E-state index in [-0.39, 0.29) is 11.9 Å². The number of carbonyl (C=O) groups is 1. The zero-order valence-corrected chi connectivity index (χ0v) is 19.0. The Hall–Kier alpha value is -3.87. The summed E-state index contributed by atoms with van der Waals surface area (Å²) in [5.74, 6) is 1.33. The zero-order chi connectivity index (χ0) is 22.9. The Labute approximate surface area is 192 Å². The molecule has 0 bridgehead atoms. The maximum absolute atomic E-state index is 13.8. The third-order valence-corrected chi connectivity index (χ3v) is 6.31. The Kier molecular flexibility index (Phi) is 5.46. The highest BCUT2D eigenvalue weighted by Gasteiger charge is 2.34. The molecule has 0 N–H and O–H groups in total. The smallest absolute Gasteiger partial charge is 0.254 e. The fourth-order valence-corrected chi connectivity index (χ4v) is 4.66. The van der Waals surface area contributed by atoms with E-state index in [4.69, 9.17) is 9.47 Å². The summed E-state index contributed by atoms with van der Waals surface area (Å²) in [6.45, 7) is 3.35. The summed E-state index contributed by atoms with van der Waals surface area (Å²) in [4.78, 5) is 15.7. The van der Waals surface area contributed by atoms with Crippen LogP contribution < -0.4 is 9.47 Å². The van der Waals surface area contributed by atoms with Crippen molar-refractivity contribution in [2.75, 3.05) is 20.8 Å². The number of aromatic nitrogens is 3. The second-order valence-corrected chi connectivity index (χ2v) is 8.08. The Morgan fingerprint density at radius 1 is 1.03 bits per heavy atom. The molecule has 0 spiro atoms. The minimum Gasteiger partial charge on any atom is -0.493 e. The number of hydrogen-bond donors (Lipinski definition) is 0. The van der Waals surface area contributed by atoms with Crippen LogP contribution in [0.5, 0.6) is 11.5 Å². The van der Waals surface area contributed by atoms with E-state index in [0.29, 0.717) is 23.6 Å². The van der Waals surface area contributed by atoms with Crippen molar-refractivity contribution in [3.63, 3.8) is 0 Å². The van der Waals surface area contributed by atoms with Crippen LogP contribution in [0.25, 0.3) is 11.0 Å². The van der Waals surface area contributed by atoms with Gasteiger partial charge in [-0.2, -0.15) is 0 Å². The van der Waals surface area contributed by atoms with Crippen molar-refractivity contribution in [3.05, 3.63) is 82.9 Å². The van der Waals surface area contributed by atoms with E-state index >= 15 is 0 Å². The van der Waals surface area contributed by atoms with Gasteiger partial charge in [0.2, 0.25) is 0 Å². The lowest BCUT2D eigenvalue weighted by Gasteiger charge is -2.38. The van der Waals surface area contributed by atoms with Gasteiger partial charge in [0, 0.05) is 18.7 Å². The topological polar surface area (TPSA) is 69.5 Å². The number of rotatable bonds is 5. The molecule has 4 aromatic rings. The Morgan fingerprint density at radius 3 is 2.52 bits per heavy atom. The molecule has 1 unspecified atom stereocenters. The molecule has 1 amide bonds. The SMILES string of the molecule is CCn1nnc2cc(C(=O)N3CCc4cc(OC)c(OC)cc4C3c3ccccc3)ccc21. The quantitative estimate of drug-likeness (QED) is 0.462. The van der Waals surface area contributed by atoms with Crippen molar-refractivity contribution in [1.82, 2.24) is 19.9 Å². The van der Waals surface area contributed by atoms with Gasteiger partial charge in [0.1, 0.15) is 5.52 Å². The maximum Gasteiger partial charge on any atom is 0.254 e. The standard InChI is InChI=1S/C26H26N4O3/c1-4-30-22-11-10-19(14-21(22)27-28-30)26(31)29-13-12-18-15-23(32-2)24(33-3)16-20(18)25(29)17-8-6-5-7-9-17/h5-11,14-16,25H,4,12-13H2,1-3H3. The van der Waals surface area contributed by atoms with Crippen LogP contribution in [-0.4, -0.2) is 46.6 Å². The van der Waals surface area contributed by atoms with Gasteiger partial charge in [-0.15, -0.1) is 5.10 Å². The predicted octanol–water partition coefficient (Wildman–Crippen LogP) is 4.26. The first kappa shape index (κ1) is 21.0. The molecule has 0 radical (unpaired) electrons. The number of benzene rings is 3. The molecule has 0 aliphatic carbocycles. The highest BCUT2D eigenvalue weighted by Crippen LogP contribution is 2.41. The molecule has 0 fully saturated rings. The molecule has 3 aromatic carbocycles. The lowest BCUT2D eigenvalue weighted by atomic mass is 9.87. The molecular formula is C26H26N4O3. The lowest BCUT2D eigenvalue weighted by Crippen LogP contribution is -2.40. The monoisotopic (exact) mass is 442 g/mol. The van der Waals surface area contributed by atoms with Crippen LogP contribution in [0.2, 0.25) is 0 Å². The summed E-state index contributed by atoms with van der Waals surface area (Å²) >= 11 is 0. The lowest BCUT2D eigenvalue weighted by molar-refractivity contribution is 0.0694. The first-order valence-electron chi connectivity index (χ1n) is 11.1. The number of aryl methyl sites for hydroxylation is 1. The molecule has 7 heteroatoms. The van der Waals surface area contributed by atoms with Crippen LogP contribution in [0.3, 0.4) is 0 Å². The van der Waals surface area contributed by atoms with Crippen molar-refractivity contribution in [2.24, 2.45) is 0 Å². The molecule has 0 saturated heterocycles. The molecule has 5 rings (SSSR count). The van der Waals surface area contributed by atoms with Gasteiger partial charge in [0.15, 0.2) is 11.5 Å². The fourth-order valence-electron chi connectivity index (χ4n) is 4.66. The predicted molar refractivity (Wildman–Crippen MR) is 126 cm³/mol. The molecule has 1 aliphatic rings. The second kappa shape index (κ2) is 8.58. The fraction of sp³-hybridized carbons (Fsp3) is 0.269. The van der Waals surface area contributed by atoms with Crippen molar-refractivity contribution in [3.8, 4) is 11.5 Å². The van der Waals surface area contributed by atoms with Crippen LogP contribution in [0.15, 0.2) is 60.7 Å². The summed E-state index contributed by atoms with van der Waals surface area (Å²) in [6, 6.07) is 19.5. The first-order chi connectivity index (χ1) is 16.1. The molecule has 33 heavy (non-hydrogen) atoms. The highest BCUT2D eigenvalue weighted by molar-refractivity contribution is 5.98. The number of carbonyl (C=O) groups excluding carboxylic acids is 1.